The predicted octanol–water partition coefficient (Wildman–Crippen LogP) is 4.14. The fourth-order valence-electron chi connectivity index (χ4n) is 1.73. The van der Waals surface area contributed by atoms with E-state index in [1.54, 1.807) is 6.07 Å². The van der Waals surface area contributed by atoms with E-state index >= 15 is 0 Å². The Morgan fingerprint density at radius 2 is 2.18 bits per heavy atom. The minimum absolute atomic E-state index is 0.210. The maximum absolute atomic E-state index is 13.6. The molecule has 0 aromatic heterocycles. The quantitative estimate of drug-likeness (QED) is 0.718. The molecule has 0 radical (unpaired) electrons. The van der Waals surface area contributed by atoms with Crippen LogP contribution in [0.25, 0.3) is 0 Å². The zero-order chi connectivity index (χ0) is 12.8. The number of alkyl halides is 1. The SMILES string of the molecule is CSCCC(C)N(C)c1cccc(F)c1CCl. The number of hydrogen-bond donors (Lipinski definition) is 0. The van der Waals surface area contributed by atoms with Gasteiger partial charge in [0.2, 0.25) is 0 Å². The maximum Gasteiger partial charge on any atom is 0.129 e. The molecule has 0 fully saturated rings. The first kappa shape index (κ1) is 14.7. The lowest BCUT2D eigenvalue weighted by Gasteiger charge is -2.28. The molecule has 0 aliphatic carbocycles. The summed E-state index contributed by atoms with van der Waals surface area (Å²) in [7, 11) is 2.00. The van der Waals surface area contributed by atoms with Crippen molar-refractivity contribution in [3.05, 3.63) is 29.6 Å². The highest BCUT2D eigenvalue weighted by atomic mass is 35.5. The largest absolute Gasteiger partial charge is 0.372 e. The first-order chi connectivity index (χ1) is 8.11. The minimum atomic E-state index is -0.221. The average molecular weight is 276 g/mol. The molecular formula is C13H19ClFNS. The van der Waals surface area contributed by atoms with Crippen molar-refractivity contribution >= 4 is 29.1 Å². The van der Waals surface area contributed by atoms with Gasteiger partial charge in [-0.1, -0.05) is 6.07 Å². The first-order valence-electron chi connectivity index (χ1n) is 5.67. The van der Waals surface area contributed by atoms with Gasteiger partial charge in [0.25, 0.3) is 0 Å². The van der Waals surface area contributed by atoms with Gasteiger partial charge in [-0.3, -0.25) is 0 Å². The fraction of sp³-hybridized carbons (Fsp3) is 0.538. The molecule has 1 aromatic rings. The summed E-state index contributed by atoms with van der Waals surface area (Å²) in [6, 6.07) is 5.50. The molecule has 0 bridgehead atoms. The summed E-state index contributed by atoms with van der Waals surface area (Å²) in [5.74, 6) is 1.10. The lowest BCUT2D eigenvalue weighted by Crippen LogP contribution is -2.30. The summed E-state index contributed by atoms with van der Waals surface area (Å²) in [6.45, 7) is 2.15. The van der Waals surface area contributed by atoms with Crippen molar-refractivity contribution in [1.82, 2.24) is 0 Å². The molecule has 96 valence electrons. The maximum atomic E-state index is 13.6. The Hall–Kier alpha value is -0.410. The van der Waals surface area contributed by atoms with Crippen molar-refractivity contribution < 1.29 is 4.39 Å². The molecule has 1 aromatic carbocycles. The Morgan fingerprint density at radius 3 is 2.76 bits per heavy atom. The molecule has 0 heterocycles. The molecule has 0 N–H and O–H groups in total. The molecule has 1 unspecified atom stereocenters. The van der Waals surface area contributed by atoms with Crippen LogP contribution < -0.4 is 4.90 Å². The molecule has 0 amide bonds. The third kappa shape index (κ3) is 3.78. The Labute approximate surface area is 112 Å². The van der Waals surface area contributed by atoms with E-state index in [0.717, 1.165) is 17.9 Å². The van der Waals surface area contributed by atoms with Crippen molar-refractivity contribution in [3.8, 4) is 0 Å². The van der Waals surface area contributed by atoms with Gasteiger partial charge >= 0.3 is 0 Å². The summed E-state index contributed by atoms with van der Waals surface area (Å²) in [5, 5.41) is 0. The third-order valence-corrected chi connectivity index (χ3v) is 3.92. The third-order valence-electron chi connectivity index (χ3n) is 3.01. The van der Waals surface area contributed by atoms with E-state index in [1.807, 2.05) is 24.9 Å². The van der Waals surface area contributed by atoms with E-state index in [1.165, 1.54) is 6.07 Å². The summed E-state index contributed by atoms with van der Waals surface area (Å²) in [6.07, 6.45) is 3.18. The van der Waals surface area contributed by atoms with E-state index < -0.39 is 0 Å². The lowest BCUT2D eigenvalue weighted by molar-refractivity contribution is 0.610. The van der Waals surface area contributed by atoms with Gasteiger partial charge < -0.3 is 4.90 Å². The smallest absolute Gasteiger partial charge is 0.129 e. The van der Waals surface area contributed by atoms with Crippen molar-refractivity contribution in [2.45, 2.75) is 25.3 Å². The highest BCUT2D eigenvalue weighted by Crippen LogP contribution is 2.26. The van der Waals surface area contributed by atoms with Crippen LogP contribution >= 0.6 is 23.4 Å². The van der Waals surface area contributed by atoms with E-state index in [4.69, 9.17) is 11.6 Å². The molecule has 0 spiro atoms. The number of anilines is 1. The zero-order valence-corrected chi connectivity index (χ0v) is 12.1. The van der Waals surface area contributed by atoms with Gasteiger partial charge in [0.15, 0.2) is 0 Å². The minimum Gasteiger partial charge on any atom is -0.372 e. The van der Waals surface area contributed by atoms with Crippen LogP contribution in [-0.4, -0.2) is 25.1 Å². The van der Waals surface area contributed by atoms with Crippen LogP contribution in [0.15, 0.2) is 18.2 Å². The number of rotatable bonds is 6. The van der Waals surface area contributed by atoms with E-state index in [2.05, 4.69) is 18.1 Å². The molecule has 1 nitrogen and oxygen atoms in total. The van der Waals surface area contributed by atoms with Crippen LogP contribution in [0.2, 0.25) is 0 Å². The molecule has 0 aliphatic heterocycles. The van der Waals surface area contributed by atoms with Crippen LogP contribution in [0, 0.1) is 5.82 Å². The molecule has 17 heavy (non-hydrogen) atoms. The second-order valence-corrected chi connectivity index (χ2v) is 5.37. The van der Waals surface area contributed by atoms with Crippen molar-refractivity contribution in [2.75, 3.05) is 24.0 Å². The first-order valence-corrected chi connectivity index (χ1v) is 7.59. The highest BCUT2D eigenvalue weighted by molar-refractivity contribution is 7.98. The monoisotopic (exact) mass is 275 g/mol. The number of nitrogens with zero attached hydrogens (tertiary/aromatic N) is 1. The summed E-state index contributed by atoms with van der Waals surface area (Å²) < 4.78 is 13.6. The normalized spacial score (nSPS) is 12.5. The standard InChI is InChI=1S/C13H19ClFNS/c1-10(7-8-17-3)16(2)13-6-4-5-12(15)11(13)9-14/h4-6,10H,7-9H2,1-3H3. The van der Waals surface area contributed by atoms with Crippen molar-refractivity contribution in [3.63, 3.8) is 0 Å². The molecule has 0 saturated carbocycles. The lowest BCUT2D eigenvalue weighted by atomic mass is 10.1. The molecule has 4 heteroatoms. The van der Waals surface area contributed by atoms with Crippen molar-refractivity contribution in [2.24, 2.45) is 0 Å². The van der Waals surface area contributed by atoms with E-state index in [0.29, 0.717) is 11.6 Å². The molecule has 0 aliphatic rings. The Morgan fingerprint density at radius 1 is 1.47 bits per heavy atom. The Balaban J connectivity index is 2.87. The van der Waals surface area contributed by atoms with E-state index in [9.17, 15) is 4.39 Å². The van der Waals surface area contributed by atoms with Gasteiger partial charge in [-0.2, -0.15) is 11.8 Å². The van der Waals surface area contributed by atoms with Crippen LogP contribution in [0.1, 0.15) is 18.9 Å². The van der Waals surface area contributed by atoms with Gasteiger partial charge in [0.1, 0.15) is 5.82 Å². The predicted molar refractivity (Wildman–Crippen MR) is 76.8 cm³/mol. The molecule has 1 rings (SSSR count). The zero-order valence-electron chi connectivity index (χ0n) is 10.5. The molecular weight excluding hydrogens is 257 g/mol. The van der Waals surface area contributed by atoms with Crippen LogP contribution in [0.4, 0.5) is 10.1 Å². The van der Waals surface area contributed by atoms with Gasteiger partial charge in [0.05, 0.1) is 5.88 Å². The summed E-state index contributed by atoms with van der Waals surface area (Å²) in [4.78, 5) is 2.11. The summed E-state index contributed by atoms with van der Waals surface area (Å²) in [5.41, 5.74) is 1.49. The number of hydrogen-bond acceptors (Lipinski definition) is 2. The molecule has 1 atom stereocenters. The van der Waals surface area contributed by atoms with Crippen LogP contribution in [-0.2, 0) is 5.88 Å². The van der Waals surface area contributed by atoms with Gasteiger partial charge in [-0.05, 0) is 37.5 Å². The van der Waals surface area contributed by atoms with Crippen LogP contribution in [0.5, 0.6) is 0 Å². The van der Waals surface area contributed by atoms with Gasteiger partial charge in [0, 0.05) is 24.3 Å². The Bertz CT molecular complexity index is 359. The number of benzene rings is 1. The number of thioether (sulfide) groups is 1. The second kappa shape index (κ2) is 7.12. The highest BCUT2D eigenvalue weighted by Gasteiger charge is 2.15. The van der Waals surface area contributed by atoms with Gasteiger partial charge in [-0.25, -0.2) is 4.39 Å². The number of halogens is 2. The van der Waals surface area contributed by atoms with Crippen LogP contribution in [0.3, 0.4) is 0 Å². The van der Waals surface area contributed by atoms with Crippen molar-refractivity contribution in [1.29, 1.82) is 0 Å². The summed E-state index contributed by atoms with van der Waals surface area (Å²) >= 11 is 7.65. The second-order valence-electron chi connectivity index (χ2n) is 4.11. The topological polar surface area (TPSA) is 3.24 Å². The average Bonchev–Trinajstić information content (AvgIpc) is 2.34. The fourth-order valence-corrected chi connectivity index (χ4v) is 2.57. The molecule has 0 saturated heterocycles. The van der Waals surface area contributed by atoms with Gasteiger partial charge in [-0.15, -0.1) is 11.6 Å². The van der Waals surface area contributed by atoms with E-state index in [-0.39, 0.29) is 11.7 Å². The Kier molecular flexibility index (Phi) is 6.14.